The zero-order valence-corrected chi connectivity index (χ0v) is 13.1. The van der Waals surface area contributed by atoms with Gasteiger partial charge >= 0.3 is 0 Å². The Hall–Kier alpha value is -0.350. The monoisotopic (exact) mass is 301 g/mol. The van der Waals surface area contributed by atoms with Gasteiger partial charge in [-0.3, -0.25) is 4.68 Å². The van der Waals surface area contributed by atoms with Crippen molar-refractivity contribution < 1.29 is 0 Å². The smallest absolute Gasteiger partial charge is 0.0698 e. The van der Waals surface area contributed by atoms with Crippen molar-refractivity contribution in [2.24, 2.45) is 5.92 Å². The number of halogens is 1. The van der Waals surface area contributed by atoms with Crippen molar-refractivity contribution in [1.82, 2.24) is 15.1 Å². The Labute approximate surface area is 113 Å². The molecule has 1 atom stereocenters. The number of aromatic nitrogens is 2. The van der Waals surface area contributed by atoms with Gasteiger partial charge in [0.1, 0.15) is 0 Å². The quantitative estimate of drug-likeness (QED) is 0.863. The molecule has 1 aromatic rings. The van der Waals surface area contributed by atoms with Crippen LogP contribution in [-0.2, 0) is 0 Å². The first kappa shape index (κ1) is 14.7. The fourth-order valence-corrected chi connectivity index (χ4v) is 2.65. The Balaban J connectivity index is 3.03. The molecule has 1 unspecified atom stereocenters. The van der Waals surface area contributed by atoms with Crippen LogP contribution in [0.15, 0.2) is 10.7 Å². The SMILES string of the molecule is CCNC(CC(C)C)c1c(Br)cnn1C(C)C. The van der Waals surface area contributed by atoms with Crippen LogP contribution in [-0.4, -0.2) is 16.3 Å². The molecule has 0 saturated carbocycles. The topological polar surface area (TPSA) is 29.9 Å². The van der Waals surface area contributed by atoms with Crippen LogP contribution in [0.2, 0.25) is 0 Å². The van der Waals surface area contributed by atoms with E-state index in [0.29, 0.717) is 18.0 Å². The lowest BCUT2D eigenvalue weighted by Gasteiger charge is -2.23. The van der Waals surface area contributed by atoms with Gasteiger partial charge in [-0.2, -0.15) is 5.10 Å². The molecule has 0 amide bonds. The summed E-state index contributed by atoms with van der Waals surface area (Å²) in [6.07, 6.45) is 3.03. The maximum Gasteiger partial charge on any atom is 0.0698 e. The minimum Gasteiger partial charge on any atom is -0.309 e. The molecule has 0 spiro atoms. The molecule has 0 radical (unpaired) electrons. The summed E-state index contributed by atoms with van der Waals surface area (Å²) < 4.78 is 3.22. The largest absolute Gasteiger partial charge is 0.309 e. The van der Waals surface area contributed by atoms with Gasteiger partial charge in [-0.05, 0) is 48.7 Å². The maximum atomic E-state index is 4.46. The fraction of sp³-hybridized carbons (Fsp3) is 0.769. The number of nitrogens with zero attached hydrogens (tertiary/aromatic N) is 2. The molecule has 1 rings (SSSR count). The first-order valence-corrected chi connectivity index (χ1v) is 7.22. The summed E-state index contributed by atoms with van der Waals surface area (Å²) in [6, 6.07) is 0.767. The normalized spacial score (nSPS) is 13.6. The Kier molecular flexibility index (Phi) is 5.67. The lowest BCUT2D eigenvalue weighted by atomic mass is 10.0. The third-order valence-electron chi connectivity index (χ3n) is 2.76. The highest BCUT2D eigenvalue weighted by atomic mass is 79.9. The average molecular weight is 302 g/mol. The maximum absolute atomic E-state index is 4.46. The summed E-state index contributed by atoms with van der Waals surface area (Å²) in [4.78, 5) is 0. The minimum atomic E-state index is 0.374. The van der Waals surface area contributed by atoms with Gasteiger partial charge < -0.3 is 5.32 Å². The van der Waals surface area contributed by atoms with Crippen molar-refractivity contribution in [2.45, 2.75) is 53.1 Å². The molecule has 0 fully saturated rings. The molecule has 1 aromatic heterocycles. The average Bonchev–Trinajstić information content (AvgIpc) is 2.59. The summed E-state index contributed by atoms with van der Waals surface area (Å²) >= 11 is 3.62. The third-order valence-corrected chi connectivity index (χ3v) is 3.37. The molecule has 17 heavy (non-hydrogen) atoms. The van der Waals surface area contributed by atoms with E-state index in [4.69, 9.17) is 0 Å². The summed E-state index contributed by atoms with van der Waals surface area (Å²) in [5, 5.41) is 8.02. The van der Waals surface area contributed by atoms with Crippen molar-refractivity contribution in [3.05, 3.63) is 16.4 Å². The molecule has 4 heteroatoms. The fourth-order valence-electron chi connectivity index (χ4n) is 2.10. The highest BCUT2D eigenvalue weighted by Gasteiger charge is 2.21. The second-order valence-electron chi connectivity index (χ2n) is 5.16. The molecule has 3 nitrogen and oxygen atoms in total. The second-order valence-corrected chi connectivity index (χ2v) is 6.01. The van der Waals surface area contributed by atoms with Crippen LogP contribution in [0.3, 0.4) is 0 Å². The Morgan fingerprint density at radius 3 is 2.47 bits per heavy atom. The van der Waals surface area contributed by atoms with E-state index in [1.165, 1.54) is 5.69 Å². The van der Waals surface area contributed by atoms with E-state index in [2.05, 4.69) is 65.6 Å². The molecule has 0 aliphatic carbocycles. The van der Waals surface area contributed by atoms with E-state index in [0.717, 1.165) is 17.4 Å². The van der Waals surface area contributed by atoms with Crippen LogP contribution in [0.25, 0.3) is 0 Å². The predicted molar refractivity (Wildman–Crippen MR) is 76.2 cm³/mol. The standard InChI is InChI=1S/C13H24BrN3/c1-6-15-12(7-9(2)3)13-11(14)8-16-17(13)10(4)5/h8-10,12,15H,6-7H2,1-5H3. The van der Waals surface area contributed by atoms with Gasteiger partial charge in [0.25, 0.3) is 0 Å². The van der Waals surface area contributed by atoms with E-state index >= 15 is 0 Å². The van der Waals surface area contributed by atoms with Crippen molar-refractivity contribution >= 4 is 15.9 Å². The van der Waals surface area contributed by atoms with Crippen LogP contribution < -0.4 is 5.32 Å². The molecule has 98 valence electrons. The molecule has 0 aromatic carbocycles. The number of hydrogen-bond donors (Lipinski definition) is 1. The molecular weight excluding hydrogens is 278 g/mol. The van der Waals surface area contributed by atoms with Crippen LogP contribution >= 0.6 is 15.9 Å². The molecule has 0 aliphatic heterocycles. The third kappa shape index (κ3) is 3.81. The Morgan fingerprint density at radius 1 is 1.35 bits per heavy atom. The van der Waals surface area contributed by atoms with E-state index in [-0.39, 0.29) is 0 Å². The van der Waals surface area contributed by atoms with Crippen molar-refractivity contribution in [2.75, 3.05) is 6.54 Å². The summed E-state index contributed by atoms with van der Waals surface area (Å²) in [7, 11) is 0. The first-order valence-electron chi connectivity index (χ1n) is 6.43. The summed E-state index contributed by atoms with van der Waals surface area (Å²) in [6.45, 7) is 12.0. The highest BCUT2D eigenvalue weighted by Crippen LogP contribution is 2.29. The van der Waals surface area contributed by atoms with Crippen LogP contribution in [0.5, 0.6) is 0 Å². The predicted octanol–water partition coefficient (Wildman–Crippen LogP) is 3.92. The number of nitrogens with one attached hydrogen (secondary N) is 1. The van der Waals surface area contributed by atoms with Gasteiger partial charge in [0.15, 0.2) is 0 Å². The summed E-state index contributed by atoms with van der Waals surface area (Å²) in [5.74, 6) is 0.668. The minimum absolute atomic E-state index is 0.374. The number of rotatable bonds is 6. The zero-order valence-electron chi connectivity index (χ0n) is 11.5. The van der Waals surface area contributed by atoms with Crippen LogP contribution in [0.1, 0.15) is 58.8 Å². The molecule has 0 saturated heterocycles. The lowest BCUT2D eigenvalue weighted by molar-refractivity contribution is 0.393. The van der Waals surface area contributed by atoms with Crippen molar-refractivity contribution in [1.29, 1.82) is 0 Å². The van der Waals surface area contributed by atoms with Crippen LogP contribution in [0, 0.1) is 5.92 Å². The number of hydrogen-bond acceptors (Lipinski definition) is 2. The second kappa shape index (κ2) is 6.55. The molecule has 0 bridgehead atoms. The molecular formula is C13H24BrN3. The molecule has 1 N–H and O–H groups in total. The summed E-state index contributed by atoms with van der Waals surface area (Å²) in [5.41, 5.74) is 1.27. The molecule has 1 heterocycles. The Bertz CT molecular complexity index is 344. The van der Waals surface area contributed by atoms with E-state index in [1.807, 2.05) is 6.20 Å². The van der Waals surface area contributed by atoms with Gasteiger partial charge in [0.2, 0.25) is 0 Å². The van der Waals surface area contributed by atoms with E-state index in [9.17, 15) is 0 Å². The van der Waals surface area contributed by atoms with Gasteiger partial charge in [-0.1, -0.05) is 20.8 Å². The van der Waals surface area contributed by atoms with Gasteiger partial charge in [-0.25, -0.2) is 0 Å². The van der Waals surface area contributed by atoms with E-state index in [1.54, 1.807) is 0 Å². The highest BCUT2D eigenvalue weighted by molar-refractivity contribution is 9.10. The van der Waals surface area contributed by atoms with Gasteiger partial charge in [0, 0.05) is 6.04 Å². The molecule has 0 aliphatic rings. The Morgan fingerprint density at radius 2 is 2.00 bits per heavy atom. The van der Waals surface area contributed by atoms with E-state index < -0.39 is 0 Å². The lowest BCUT2D eigenvalue weighted by Crippen LogP contribution is -2.26. The van der Waals surface area contributed by atoms with Crippen LogP contribution in [0.4, 0.5) is 0 Å². The first-order chi connectivity index (χ1) is 7.97. The van der Waals surface area contributed by atoms with Gasteiger partial charge in [0.05, 0.1) is 22.4 Å². The van der Waals surface area contributed by atoms with Gasteiger partial charge in [-0.15, -0.1) is 0 Å². The zero-order chi connectivity index (χ0) is 13.0. The van der Waals surface area contributed by atoms with Crippen molar-refractivity contribution in [3.63, 3.8) is 0 Å². The van der Waals surface area contributed by atoms with Crippen molar-refractivity contribution in [3.8, 4) is 0 Å².